The molecule has 0 saturated heterocycles. The number of hydrogen-bond donors (Lipinski definition) is 0. The lowest BCUT2D eigenvalue weighted by molar-refractivity contribution is -0.0500. The minimum atomic E-state index is -5.70. The van der Waals surface area contributed by atoms with Crippen LogP contribution in [0.25, 0.3) is 0 Å². The van der Waals surface area contributed by atoms with Gasteiger partial charge in [0.2, 0.25) is 0 Å². The summed E-state index contributed by atoms with van der Waals surface area (Å²) in [6, 6.07) is 3.43. The second-order valence-electron chi connectivity index (χ2n) is 3.93. The molecule has 4 nitrogen and oxygen atoms in total. The first kappa shape index (κ1) is 16.5. The molecule has 0 spiro atoms. The van der Waals surface area contributed by atoms with E-state index in [1.165, 1.54) is 6.07 Å². The molecular formula is C12H13F3O4S. The van der Waals surface area contributed by atoms with E-state index in [0.717, 1.165) is 12.1 Å². The summed E-state index contributed by atoms with van der Waals surface area (Å²) in [4.78, 5) is 11.6. The van der Waals surface area contributed by atoms with Crippen LogP contribution in [-0.4, -0.2) is 19.7 Å². The van der Waals surface area contributed by atoms with Gasteiger partial charge < -0.3 is 4.18 Å². The van der Waals surface area contributed by atoms with E-state index < -0.39 is 21.4 Å². The highest BCUT2D eigenvalue weighted by Crippen LogP contribution is 2.28. The molecule has 0 bridgehead atoms. The fourth-order valence-corrected chi connectivity index (χ4v) is 2.00. The zero-order chi connectivity index (χ0) is 15.6. The van der Waals surface area contributed by atoms with Gasteiger partial charge in [-0.3, -0.25) is 4.79 Å². The van der Waals surface area contributed by atoms with Gasteiger partial charge in [-0.1, -0.05) is 13.8 Å². The number of alkyl halides is 3. The highest BCUT2D eigenvalue weighted by atomic mass is 32.2. The molecule has 1 rings (SSSR count). The minimum absolute atomic E-state index is 0.174. The molecule has 1 aromatic rings. The molecule has 0 radical (unpaired) electrons. The van der Waals surface area contributed by atoms with Crippen molar-refractivity contribution in [2.75, 3.05) is 0 Å². The van der Waals surface area contributed by atoms with Gasteiger partial charge >= 0.3 is 15.6 Å². The number of benzene rings is 1. The molecule has 0 fully saturated rings. The molecule has 0 aliphatic carbocycles. The van der Waals surface area contributed by atoms with Crippen LogP contribution in [0.3, 0.4) is 0 Å². The molecule has 8 heteroatoms. The Kier molecular flexibility index (Phi) is 4.80. The van der Waals surface area contributed by atoms with E-state index in [0.29, 0.717) is 17.5 Å². The van der Waals surface area contributed by atoms with Crippen LogP contribution in [0.15, 0.2) is 18.2 Å². The van der Waals surface area contributed by atoms with Crippen LogP contribution in [0.2, 0.25) is 0 Å². The minimum Gasteiger partial charge on any atom is -0.376 e. The van der Waals surface area contributed by atoms with Crippen molar-refractivity contribution < 1.29 is 30.6 Å². The summed E-state index contributed by atoms with van der Waals surface area (Å²) in [6.45, 7) is 3.35. The van der Waals surface area contributed by atoms with Crippen molar-refractivity contribution in [1.82, 2.24) is 0 Å². The summed E-state index contributed by atoms with van der Waals surface area (Å²) in [7, 11) is -5.70. The fourth-order valence-electron chi connectivity index (χ4n) is 1.55. The summed E-state index contributed by atoms with van der Waals surface area (Å²) in [6.07, 6.45) is 0.610. The van der Waals surface area contributed by atoms with Crippen molar-refractivity contribution in [2.45, 2.75) is 32.2 Å². The predicted octanol–water partition coefficient (Wildman–Crippen LogP) is 3.07. The lowest BCUT2D eigenvalue weighted by atomic mass is 10.00. The summed E-state index contributed by atoms with van der Waals surface area (Å²) in [5.41, 5.74) is -4.70. The Balaban J connectivity index is 3.15. The summed E-state index contributed by atoms with van der Waals surface area (Å²) in [5.74, 6) is -0.640. The number of halogens is 3. The average Bonchev–Trinajstić information content (AvgIpc) is 2.35. The van der Waals surface area contributed by atoms with Gasteiger partial charge in [0.1, 0.15) is 5.75 Å². The molecule has 0 heterocycles. The zero-order valence-electron chi connectivity index (χ0n) is 10.8. The Bertz CT molecular complexity index is 606. The maximum atomic E-state index is 12.2. The van der Waals surface area contributed by atoms with E-state index in [9.17, 15) is 26.4 Å². The molecule has 1 aromatic carbocycles. The normalized spacial score (nSPS) is 12.2. The van der Waals surface area contributed by atoms with Crippen LogP contribution in [0.4, 0.5) is 13.2 Å². The quantitative estimate of drug-likeness (QED) is 0.476. The Morgan fingerprint density at radius 1 is 1.25 bits per heavy atom. The van der Waals surface area contributed by atoms with Gasteiger partial charge in [0, 0.05) is 12.0 Å². The van der Waals surface area contributed by atoms with Crippen molar-refractivity contribution in [3.63, 3.8) is 0 Å². The third kappa shape index (κ3) is 3.50. The number of ketones is 1. The van der Waals surface area contributed by atoms with Gasteiger partial charge in [0.05, 0.1) is 0 Å². The van der Waals surface area contributed by atoms with Crippen LogP contribution in [0.1, 0.15) is 36.2 Å². The van der Waals surface area contributed by atoms with Crippen LogP contribution in [0.5, 0.6) is 5.75 Å². The lowest BCUT2D eigenvalue weighted by Crippen LogP contribution is -2.28. The Labute approximate surface area is 114 Å². The molecule has 0 unspecified atom stereocenters. The summed E-state index contributed by atoms with van der Waals surface area (Å²) in [5, 5.41) is 0. The molecule has 0 aliphatic heterocycles. The molecule has 0 aliphatic rings. The maximum Gasteiger partial charge on any atom is 0.534 e. The number of aryl methyl sites for hydroxylation is 1. The smallest absolute Gasteiger partial charge is 0.376 e. The monoisotopic (exact) mass is 310 g/mol. The fraction of sp³-hybridized carbons (Fsp3) is 0.417. The standard InChI is InChI=1S/C12H13F3O4S/c1-3-8-7-9(5-6-10(8)11(16)4-2)19-20(17,18)12(13,14)15/h5-7H,3-4H2,1-2H3. The van der Waals surface area contributed by atoms with Gasteiger partial charge in [0.25, 0.3) is 0 Å². The molecular weight excluding hydrogens is 297 g/mol. The van der Waals surface area contributed by atoms with Crippen molar-refractivity contribution in [2.24, 2.45) is 0 Å². The summed E-state index contributed by atoms with van der Waals surface area (Å²) >= 11 is 0. The number of rotatable bonds is 5. The van der Waals surface area contributed by atoms with Crippen molar-refractivity contribution >= 4 is 15.9 Å². The molecule has 0 atom stereocenters. The third-order valence-electron chi connectivity index (χ3n) is 2.57. The van der Waals surface area contributed by atoms with Crippen LogP contribution >= 0.6 is 0 Å². The van der Waals surface area contributed by atoms with E-state index in [2.05, 4.69) is 4.18 Å². The van der Waals surface area contributed by atoms with Crippen LogP contribution in [-0.2, 0) is 16.5 Å². The van der Waals surface area contributed by atoms with E-state index >= 15 is 0 Å². The Hall–Kier alpha value is -1.57. The lowest BCUT2D eigenvalue weighted by Gasteiger charge is -2.12. The average molecular weight is 310 g/mol. The van der Waals surface area contributed by atoms with Crippen molar-refractivity contribution in [3.05, 3.63) is 29.3 Å². The van der Waals surface area contributed by atoms with Gasteiger partial charge in [-0.05, 0) is 30.2 Å². The molecule has 112 valence electrons. The van der Waals surface area contributed by atoms with Crippen molar-refractivity contribution in [1.29, 1.82) is 0 Å². The predicted molar refractivity (Wildman–Crippen MR) is 66.0 cm³/mol. The molecule has 0 aromatic heterocycles. The second-order valence-corrected chi connectivity index (χ2v) is 5.47. The molecule has 20 heavy (non-hydrogen) atoms. The van der Waals surface area contributed by atoms with E-state index in [1.54, 1.807) is 13.8 Å². The number of Topliss-reactive ketones (excluding diaryl/α,β-unsaturated/α-hetero) is 1. The molecule has 0 saturated carbocycles. The summed E-state index contributed by atoms with van der Waals surface area (Å²) < 4.78 is 62.4. The first-order chi connectivity index (χ1) is 9.12. The van der Waals surface area contributed by atoms with Crippen LogP contribution in [0, 0.1) is 0 Å². The van der Waals surface area contributed by atoms with E-state index in [1.807, 2.05) is 0 Å². The Morgan fingerprint density at radius 2 is 1.85 bits per heavy atom. The van der Waals surface area contributed by atoms with Crippen LogP contribution < -0.4 is 4.18 Å². The van der Waals surface area contributed by atoms with Gasteiger partial charge in [0.15, 0.2) is 5.78 Å². The largest absolute Gasteiger partial charge is 0.534 e. The first-order valence-electron chi connectivity index (χ1n) is 5.79. The highest BCUT2D eigenvalue weighted by molar-refractivity contribution is 7.88. The Morgan fingerprint density at radius 3 is 2.30 bits per heavy atom. The topological polar surface area (TPSA) is 60.4 Å². The highest BCUT2D eigenvalue weighted by Gasteiger charge is 2.48. The molecule has 0 N–H and O–H groups in total. The maximum absolute atomic E-state index is 12.2. The molecule has 0 amide bonds. The SMILES string of the molecule is CCC(=O)c1ccc(OS(=O)(=O)C(F)(F)F)cc1CC. The van der Waals surface area contributed by atoms with E-state index in [4.69, 9.17) is 0 Å². The number of carbonyl (C=O) groups excluding carboxylic acids is 1. The van der Waals surface area contributed by atoms with Gasteiger partial charge in [-0.2, -0.15) is 21.6 Å². The van der Waals surface area contributed by atoms with E-state index in [-0.39, 0.29) is 12.2 Å². The van der Waals surface area contributed by atoms with Gasteiger partial charge in [-0.15, -0.1) is 0 Å². The third-order valence-corrected chi connectivity index (χ3v) is 3.55. The second kappa shape index (κ2) is 5.82. The number of carbonyl (C=O) groups is 1. The first-order valence-corrected chi connectivity index (χ1v) is 7.20. The zero-order valence-corrected chi connectivity index (χ0v) is 11.6. The number of hydrogen-bond acceptors (Lipinski definition) is 4. The van der Waals surface area contributed by atoms with Gasteiger partial charge in [-0.25, -0.2) is 0 Å². The van der Waals surface area contributed by atoms with Crippen molar-refractivity contribution in [3.8, 4) is 5.75 Å².